The van der Waals surface area contributed by atoms with E-state index < -0.39 is 0 Å². The summed E-state index contributed by atoms with van der Waals surface area (Å²) in [5.41, 5.74) is 8.28. The lowest BCUT2D eigenvalue weighted by atomic mass is 10.1. The predicted molar refractivity (Wildman–Crippen MR) is 98.7 cm³/mol. The first kappa shape index (κ1) is 16.3. The van der Waals surface area contributed by atoms with Gasteiger partial charge >= 0.3 is 0 Å². The molecule has 1 aliphatic rings. The molecule has 4 heteroatoms. The number of hydrogen-bond donors (Lipinski definition) is 1. The third-order valence-electron chi connectivity index (χ3n) is 4.29. The van der Waals surface area contributed by atoms with Crippen LogP contribution in [0.2, 0.25) is 0 Å². The smallest absolute Gasteiger partial charge is 0.253 e. The van der Waals surface area contributed by atoms with Crippen molar-refractivity contribution in [2.24, 2.45) is 0 Å². The highest BCUT2D eigenvalue weighted by atomic mass is 16.2. The van der Waals surface area contributed by atoms with Crippen molar-refractivity contribution in [1.82, 2.24) is 9.80 Å². The van der Waals surface area contributed by atoms with Gasteiger partial charge in [0.05, 0.1) is 0 Å². The lowest BCUT2D eigenvalue weighted by Crippen LogP contribution is -2.48. The van der Waals surface area contributed by atoms with Gasteiger partial charge in [0.1, 0.15) is 0 Å². The highest BCUT2D eigenvalue weighted by Gasteiger charge is 2.21. The fraction of sp³-hybridized carbons (Fsp3) is 0.250. The van der Waals surface area contributed by atoms with Crippen LogP contribution in [0.5, 0.6) is 0 Å². The van der Waals surface area contributed by atoms with Gasteiger partial charge in [-0.25, -0.2) is 0 Å². The van der Waals surface area contributed by atoms with Crippen LogP contribution in [0.3, 0.4) is 0 Å². The first-order chi connectivity index (χ1) is 11.7. The van der Waals surface area contributed by atoms with Crippen LogP contribution in [-0.2, 0) is 0 Å². The topological polar surface area (TPSA) is 49.6 Å². The zero-order chi connectivity index (χ0) is 16.8. The molecule has 124 valence electrons. The van der Waals surface area contributed by atoms with Gasteiger partial charge in [-0.1, -0.05) is 42.5 Å². The normalized spacial score (nSPS) is 15.8. The number of hydrogen-bond acceptors (Lipinski definition) is 3. The Balaban J connectivity index is 1.48. The van der Waals surface area contributed by atoms with E-state index in [4.69, 9.17) is 5.73 Å². The molecule has 3 rings (SSSR count). The van der Waals surface area contributed by atoms with Crippen LogP contribution in [0, 0.1) is 0 Å². The first-order valence-corrected chi connectivity index (χ1v) is 8.31. The highest BCUT2D eigenvalue weighted by molar-refractivity contribution is 5.94. The summed E-state index contributed by atoms with van der Waals surface area (Å²) in [5, 5.41) is 0. The van der Waals surface area contributed by atoms with Gasteiger partial charge in [-0.3, -0.25) is 9.69 Å². The molecule has 0 bridgehead atoms. The predicted octanol–water partition coefficient (Wildman–Crippen LogP) is 2.74. The number of piperazine rings is 1. The van der Waals surface area contributed by atoms with E-state index >= 15 is 0 Å². The van der Waals surface area contributed by atoms with Crippen molar-refractivity contribution in [3.05, 3.63) is 71.8 Å². The third kappa shape index (κ3) is 4.24. The van der Waals surface area contributed by atoms with Gasteiger partial charge in [-0.05, 0) is 29.8 Å². The summed E-state index contributed by atoms with van der Waals surface area (Å²) in [6.07, 6.45) is 4.33. The largest absolute Gasteiger partial charge is 0.399 e. The van der Waals surface area contributed by atoms with Crippen molar-refractivity contribution in [3.63, 3.8) is 0 Å². The minimum Gasteiger partial charge on any atom is -0.399 e. The number of carbonyl (C=O) groups excluding carboxylic acids is 1. The molecule has 0 atom stereocenters. The summed E-state index contributed by atoms with van der Waals surface area (Å²) < 4.78 is 0. The van der Waals surface area contributed by atoms with Gasteiger partial charge in [0.15, 0.2) is 0 Å². The Bertz CT molecular complexity index is 687. The van der Waals surface area contributed by atoms with E-state index in [1.807, 2.05) is 23.1 Å². The molecule has 1 saturated heterocycles. The van der Waals surface area contributed by atoms with E-state index in [0.29, 0.717) is 11.3 Å². The third-order valence-corrected chi connectivity index (χ3v) is 4.29. The maximum atomic E-state index is 12.5. The minimum absolute atomic E-state index is 0.0921. The summed E-state index contributed by atoms with van der Waals surface area (Å²) in [4.78, 5) is 16.8. The second-order valence-electron chi connectivity index (χ2n) is 6.03. The summed E-state index contributed by atoms with van der Waals surface area (Å²) in [5.74, 6) is 0.0921. The van der Waals surface area contributed by atoms with Gasteiger partial charge in [0, 0.05) is 44.0 Å². The Labute approximate surface area is 143 Å². The van der Waals surface area contributed by atoms with Gasteiger partial charge in [-0.2, -0.15) is 0 Å². The summed E-state index contributed by atoms with van der Waals surface area (Å²) in [7, 11) is 0. The van der Waals surface area contributed by atoms with Gasteiger partial charge in [0.2, 0.25) is 0 Å². The quantitative estimate of drug-likeness (QED) is 0.881. The second kappa shape index (κ2) is 7.79. The molecule has 1 aliphatic heterocycles. The molecule has 0 spiro atoms. The van der Waals surface area contributed by atoms with Crippen molar-refractivity contribution in [2.75, 3.05) is 38.5 Å². The fourth-order valence-electron chi connectivity index (χ4n) is 2.84. The van der Waals surface area contributed by atoms with Crippen LogP contribution in [0.15, 0.2) is 60.7 Å². The molecule has 0 radical (unpaired) electrons. The summed E-state index contributed by atoms with van der Waals surface area (Å²) in [6.45, 7) is 4.25. The van der Waals surface area contributed by atoms with Gasteiger partial charge in [0.25, 0.3) is 5.91 Å². The number of amides is 1. The number of benzene rings is 2. The standard InChI is InChI=1S/C20H23N3O/c21-19-10-8-18(9-11-19)20(24)23-15-13-22(14-16-23)12-4-7-17-5-2-1-3-6-17/h1-11H,12-16,21H2/b7-4+. The number of rotatable bonds is 4. The van der Waals surface area contributed by atoms with Crippen LogP contribution in [0.25, 0.3) is 6.08 Å². The van der Waals surface area contributed by atoms with E-state index in [9.17, 15) is 4.79 Å². The maximum Gasteiger partial charge on any atom is 0.253 e. The Morgan fingerprint density at radius 3 is 2.29 bits per heavy atom. The van der Waals surface area contributed by atoms with E-state index in [2.05, 4.69) is 29.2 Å². The Morgan fingerprint density at radius 1 is 0.958 bits per heavy atom. The Kier molecular flexibility index (Phi) is 5.29. The molecule has 0 saturated carbocycles. The van der Waals surface area contributed by atoms with Crippen LogP contribution >= 0.6 is 0 Å². The number of nitrogens with two attached hydrogens (primary N) is 1. The lowest BCUT2D eigenvalue weighted by molar-refractivity contribution is 0.0650. The molecule has 2 N–H and O–H groups in total. The van der Waals surface area contributed by atoms with Crippen LogP contribution in [0.4, 0.5) is 5.69 Å². The highest BCUT2D eigenvalue weighted by Crippen LogP contribution is 2.11. The van der Waals surface area contributed by atoms with Crippen LogP contribution < -0.4 is 5.73 Å². The zero-order valence-corrected chi connectivity index (χ0v) is 13.8. The first-order valence-electron chi connectivity index (χ1n) is 8.31. The fourth-order valence-corrected chi connectivity index (χ4v) is 2.84. The molecule has 1 fully saturated rings. The number of nitrogen functional groups attached to an aromatic ring is 1. The molecule has 1 amide bonds. The SMILES string of the molecule is Nc1ccc(C(=O)N2CCN(C/C=C/c3ccccc3)CC2)cc1. The average molecular weight is 321 g/mol. The van der Waals surface area contributed by atoms with Gasteiger partial charge in [-0.15, -0.1) is 0 Å². The summed E-state index contributed by atoms with van der Waals surface area (Å²) >= 11 is 0. The Hall–Kier alpha value is -2.59. The monoisotopic (exact) mass is 321 g/mol. The zero-order valence-electron chi connectivity index (χ0n) is 13.8. The number of carbonyl (C=O) groups is 1. The molecule has 1 heterocycles. The van der Waals surface area contributed by atoms with E-state index in [1.54, 1.807) is 24.3 Å². The van der Waals surface area contributed by atoms with Crippen molar-refractivity contribution in [3.8, 4) is 0 Å². The lowest BCUT2D eigenvalue weighted by Gasteiger charge is -2.34. The maximum absolute atomic E-state index is 12.5. The van der Waals surface area contributed by atoms with Crippen LogP contribution in [0.1, 0.15) is 15.9 Å². The molecule has 0 unspecified atom stereocenters. The molecule has 0 aliphatic carbocycles. The van der Waals surface area contributed by atoms with Gasteiger partial charge < -0.3 is 10.6 Å². The van der Waals surface area contributed by atoms with Crippen LogP contribution in [-0.4, -0.2) is 48.4 Å². The van der Waals surface area contributed by atoms with Crippen molar-refractivity contribution >= 4 is 17.7 Å². The van der Waals surface area contributed by atoms with Crippen molar-refractivity contribution in [1.29, 1.82) is 0 Å². The van der Waals surface area contributed by atoms with E-state index in [0.717, 1.165) is 32.7 Å². The average Bonchev–Trinajstić information content (AvgIpc) is 2.63. The van der Waals surface area contributed by atoms with E-state index in [1.165, 1.54) is 5.56 Å². The van der Waals surface area contributed by atoms with Crippen molar-refractivity contribution < 1.29 is 4.79 Å². The number of nitrogens with zero attached hydrogens (tertiary/aromatic N) is 2. The molecule has 4 nitrogen and oxygen atoms in total. The number of anilines is 1. The second-order valence-corrected chi connectivity index (χ2v) is 6.03. The molecule has 2 aromatic carbocycles. The molecule has 2 aromatic rings. The van der Waals surface area contributed by atoms with E-state index in [-0.39, 0.29) is 5.91 Å². The van der Waals surface area contributed by atoms with Crippen molar-refractivity contribution in [2.45, 2.75) is 0 Å². The summed E-state index contributed by atoms with van der Waals surface area (Å²) in [6, 6.07) is 17.4. The Morgan fingerprint density at radius 2 is 1.62 bits per heavy atom. The molecule has 24 heavy (non-hydrogen) atoms. The molecular formula is C20H23N3O. The minimum atomic E-state index is 0.0921. The molecular weight excluding hydrogens is 298 g/mol. The molecule has 0 aromatic heterocycles.